The Morgan fingerprint density at radius 3 is 2.76 bits per heavy atom. The van der Waals surface area contributed by atoms with Gasteiger partial charge in [-0.1, -0.05) is 26.0 Å². The Balaban J connectivity index is 2.89. The molecule has 0 heterocycles. The maximum Gasteiger partial charge on any atom is 0.338 e. The molecule has 0 radical (unpaired) electrons. The summed E-state index contributed by atoms with van der Waals surface area (Å²) in [5.74, 6) is 0.310. The summed E-state index contributed by atoms with van der Waals surface area (Å²) in [7, 11) is 1.36. The number of rotatable bonds is 6. The predicted molar refractivity (Wildman–Crippen MR) is 68.3 cm³/mol. The number of unbranched alkanes of at least 4 members (excludes halogenated alkanes) is 1. The van der Waals surface area contributed by atoms with Gasteiger partial charge in [0.05, 0.1) is 19.3 Å². The van der Waals surface area contributed by atoms with Crippen molar-refractivity contribution in [2.45, 2.75) is 19.8 Å². The van der Waals surface area contributed by atoms with Crippen LogP contribution in [0.15, 0.2) is 24.8 Å². The van der Waals surface area contributed by atoms with Crippen LogP contribution in [0, 0.1) is 0 Å². The van der Waals surface area contributed by atoms with Gasteiger partial charge in [0.2, 0.25) is 0 Å². The van der Waals surface area contributed by atoms with Crippen molar-refractivity contribution in [3.05, 3.63) is 35.9 Å². The third kappa shape index (κ3) is 3.94. The van der Waals surface area contributed by atoms with Gasteiger partial charge in [-0.25, -0.2) is 4.79 Å². The molecule has 0 aliphatic carbocycles. The first kappa shape index (κ1) is 13.3. The standard InChI is InChI=1S/C14H18O3/c1-4-6-7-17-13-9-11(5-2)8-12(10-13)14(15)16-3/h5,8-10H,2,4,6-7H2,1,3H3. The maximum absolute atomic E-state index is 11.5. The van der Waals surface area contributed by atoms with Crippen LogP contribution in [0.3, 0.4) is 0 Å². The molecular weight excluding hydrogens is 216 g/mol. The summed E-state index contributed by atoms with van der Waals surface area (Å²) >= 11 is 0. The highest BCUT2D eigenvalue weighted by Gasteiger charge is 2.08. The van der Waals surface area contributed by atoms with Gasteiger partial charge in [-0.2, -0.15) is 0 Å². The predicted octanol–water partition coefficient (Wildman–Crippen LogP) is 3.30. The number of benzene rings is 1. The van der Waals surface area contributed by atoms with Crippen molar-refractivity contribution >= 4 is 12.0 Å². The molecule has 17 heavy (non-hydrogen) atoms. The lowest BCUT2D eigenvalue weighted by atomic mass is 10.1. The molecule has 3 nitrogen and oxygen atoms in total. The zero-order chi connectivity index (χ0) is 12.7. The first-order valence-electron chi connectivity index (χ1n) is 5.70. The Labute approximate surface area is 102 Å². The lowest BCUT2D eigenvalue weighted by Crippen LogP contribution is -2.03. The molecule has 0 saturated carbocycles. The molecular formula is C14H18O3. The summed E-state index contributed by atoms with van der Waals surface area (Å²) in [6.45, 7) is 6.44. The van der Waals surface area contributed by atoms with E-state index in [0.717, 1.165) is 18.4 Å². The van der Waals surface area contributed by atoms with Gasteiger partial charge < -0.3 is 9.47 Å². The van der Waals surface area contributed by atoms with Gasteiger partial charge in [-0.05, 0) is 30.2 Å². The van der Waals surface area contributed by atoms with E-state index in [4.69, 9.17) is 4.74 Å². The molecule has 0 amide bonds. The lowest BCUT2D eigenvalue weighted by molar-refractivity contribution is 0.0600. The smallest absolute Gasteiger partial charge is 0.338 e. The Morgan fingerprint density at radius 2 is 2.18 bits per heavy atom. The minimum Gasteiger partial charge on any atom is -0.494 e. The Kier molecular flexibility index (Phi) is 5.27. The number of hydrogen-bond acceptors (Lipinski definition) is 3. The van der Waals surface area contributed by atoms with Crippen LogP contribution < -0.4 is 4.74 Å². The quantitative estimate of drug-likeness (QED) is 0.559. The monoisotopic (exact) mass is 234 g/mol. The second-order valence-corrected chi connectivity index (χ2v) is 3.69. The highest BCUT2D eigenvalue weighted by atomic mass is 16.5. The number of ether oxygens (including phenoxy) is 2. The van der Waals surface area contributed by atoms with Crippen LogP contribution in [0.25, 0.3) is 6.08 Å². The molecule has 1 aromatic carbocycles. The largest absolute Gasteiger partial charge is 0.494 e. The van der Waals surface area contributed by atoms with Crippen LogP contribution in [-0.4, -0.2) is 19.7 Å². The van der Waals surface area contributed by atoms with Crippen molar-refractivity contribution in [3.63, 3.8) is 0 Å². The van der Waals surface area contributed by atoms with E-state index in [-0.39, 0.29) is 5.97 Å². The van der Waals surface area contributed by atoms with Crippen LogP contribution in [0.2, 0.25) is 0 Å². The molecule has 92 valence electrons. The molecule has 1 aromatic rings. The summed E-state index contributed by atoms with van der Waals surface area (Å²) in [5.41, 5.74) is 1.33. The zero-order valence-corrected chi connectivity index (χ0v) is 10.4. The van der Waals surface area contributed by atoms with Crippen molar-refractivity contribution in [1.29, 1.82) is 0 Å². The third-order valence-corrected chi connectivity index (χ3v) is 2.35. The van der Waals surface area contributed by atoms with Crippen molar-refractivity contribution in [2.75, 3.05) is 13.7 Å². The molecule has 0 aliphatic rings. The highest BCUT2D eigenvalue weighted by molar-refractivity contribution is 5.90. The van der Waals surface area contributed by atoms with Gasteiger partial charge in [0.15, 0.2) is 0 Å². The summed E-state index contributed by atoms with van der Waals surface area (Å²) in [6.07, 6.45) is 3.75. The Morgan fingerprint density at radius 1 is 1.41 bits per heavy atom. The van der Waals surface area contributed by atoms with E-state index in [1.54, 1.807) is 18.2 Å². The molecule has 0 unspecified atom stereocenters. The average molecular weight is 234 g/mol. The second-order valence-electron chi connectivity index (χ2n) is 3.69. The summed E-state index contributed by atoms with van der Waals surface area (Å²) in [5, 5.41) is 0. The van der Waals surface area contributed by atoms with E-state index in [1.165, 1.54) is 7.11 Å². The highest BCUT2D eigenvalue weighted by Crippen LogP contribution is 2.19. The Bertz CT molecular complexity index is 396. The third-order valence-electron chi connectivity index (χ3n) is 2.35. The summed E-state index contributed by atoms with van der Waals surface area (Å²) in [6, 6.07) is 5.27. The fourth-order valence-corrected chi connectivity index (χ4v) is 1.39. The van der Waals surface area contributed by atoms with Gasteiger partial charge in [0.1, 0.15) is 5.75 Å². The minimum atomic E-state index is -0.367. The van der Waals surface area contributed by atoms with E-state index in [2.05, 4.69) is 18.2 Å². The van der Waals surface area contributed by atoms with Gasteiger partial charge in [0, 0.05) is 0 Å². The fourth-order valence-electron chi connectivity index (χ4n) is 1.39. The van der Waals surface area contributed by atoms with Crippen LogP contribution in [0.5, 0.6) is 5.75 Å². The normalized spacial score (nSPS) is 9.76. The first-order valence-corrected chi connectivity index (χ1v) is 5.70. The SMILES string of the molecule is C=Cc1cc(OCCCC)cc(C(=O)OC)c1. The van der Waals surface area contributed by atoms with E-state index < -0.39 is 0 Å². The van der Waals surface area contributed by atoms with Gasteiger partial charge in [0.25, 0.3) is 0 Å². The molecule has 0 N–H and O–H groups in total. The zero-order valence-electron chi connectivity index (χ0n) is 10.4. The molecule has 1 rings (SSSR count). The first-order chi connectivity index (χ1) is 8.21. The van der Waals surface area contributed by atoms with E-state index >= 15 is 0 Å². The Hall–Kier alpha value is -1.77. The van der Waals surface area contributed by atoms with Crippen LogP contribution in [0.1, 0.15) is 35.7 Å². The van der Waals surface area contributed by atoms with Crippen LogP contribution in [0.4, 0.5) is 0 Å². The molecule has 0 spiro atoms. The molecule has 0 atom stereocenters. The summed E-state index contributed by atoms with van der Waals surface area (Å²) < 4.78 is 10.3. The molecule has 0 saturated heterocycles. The molecule has 0 bridgehead atoms. The number of hydrogen-bond donors (Lipinski definition) is 0. The average Bonchev–Trinajstić information content (AvgIpc) is 2.37. The van der Waals surface area contributed by atoms with Crippen molar-refractivity contribution in [3.8, 4) is 5.75 Å². The number of esters is 1. The molecule has 0 fully saturated rings. The van der Waals surface area contributed by atoms with Crippen molar-refractivity contribution in [2.24, 2.45) is 0 Å². The molecule has 3 heteroatoms. The van der Waals surface area contributed by atoms with E-state index in [0.29, 0.717) is 17.9 Å². The van der Waals surface area contributed by atoms with Crippen LogP contribution in [-0.2, 0) is 4.74 Å². The number of carbonyl (C=O) groups excluding carboxylic acids is 1. The van der Waals surface area contributed by atoms with Crippen molar-refractivity contribution < 1.29 is 14.3 Å². The number of carbonyl (C=O) groups is 1. The van der Waals surface area contributed by atoms with E-state index in [1.807, 2.05) is 6.07 Å². The fraction of sp³-hybridized carbons (Fsp3) is 0.357. The molecule has 0 aromatic heterocycles. The summed E-state index contributed by atoms with van der Waals surface area (Å²) in [4.78, 5) is 11.5. The van der Waals surface area contributed by atoms with Gasteiger partial charge in [-0.3, -0.25) is 0 Å². The molecule has 0 aliphatic heterocycles. The van der Waals surface area contributed by atoms with Crippen LogP contribution >= 0.6 is 0 Å². The van der Waals surface area contributed by atoms with E-state index in [9.17, 15) is 4.79 Å². The van der Waals surface area contributed by atoms with Crippen molar-refractivity contribution in [1.82, 2.24) is 0 Å². The topological polar surface area (TPSA) is 35.5 Å². The van der Waals surface area contributed by atoms with Gasteiger partial charge >= 0.3 is 5.97 Å². The number of methoxy groups -OCH3 is 1. The minimum absolute atomic E-state index is 0.367. The lowest BCUT2D eigenvalue weighted by Gasteiger charge is -2.08. The van der Waals surface area contributed by atoms with Gasteiger partial charge in [-0.15, -0.1) is 0 Å². The second kappa shape index (κ2) is 6.74. The maximum atomic E-state index is 11.5.